The number of rotatable bonds is 5. The van der Waals surface area contributed by atoms with E-state index < -0.39 is 10.0 Å². The molecule has 1 aromatic heterocycles. The molecule has 1 aromatic rings. The van der Waals surface area contributed by atoms with Crippen LogP contribution in [-0.4, -0.2) is 46.3 Å². The van der Waals surface area contributed by atoms with Gasteiger partial charge in [-0.25, -0.2) is 8.42 Å². The van der Waals surface area contributed by atoms with Crippen LogP contribution in [0.1, 0.15) is 0 Å². The van der Waals surface area contributed by atoms with Crippen molar-refractivity contribution in [3.8, 4) is 0 Å². The number of ether oxygens (including phenoxy) is 1. The summed E-state index contributed by atoms with van der Waals surface area (Å²) in [7, 11) is -0.841. The first-order chi connectivity index (χ1) is 7.54. The first-order valence-corrected chi connectivity index (χ1v) is 7.46. The van der Waals surface area contributed by atoms with Gasteiger partial charge in [0.15, 0.2) is 7.28 Å². The summed E-state index contributed by atoms with van der Waals surface area (Å²) in [5.41, 5.74) is 0. The highest BCUT2D eigenvalue weighted by atomic mass is 32.2. The number of likely N-dealkylation sites (N-methyl/N-ethyl adjacent to an activating group) is 1. The number of thiophene rings is 1. The number of hydrogen-bond donors (Lipinski definition) is 0. The van der Waals surface area contributed by atoms with E-state index in [-0.39, 0.29) is 6.10 Å². The first-order valence-electron chi connectivity index (χ1n) is 5.20. The van der Waals surface area contributed by atoms with Crippen molar-refractivity contribution in [3.63, 3.8) is 0 Å². The van der Waals surface area contributed by atoms with Gasteiger partial charge in [-0.3, -0.25) is 0 Å². The van der Waals surface area contributed by atoms with E-state index in [0.29, 0.717) is 17.4 Å². The quantitative estimate of drug-likeness (QED) is 0.547. The van der Waals surface area contributed by atoms with Crippen LogP contribution in [0.3, 0.4) is 0 Å². The second kappa shape index (κ2) is 4.48. The number of nitrogens with zero attached hydrogens (tertiary/aromatic N) is 1. The minimum absolute atomic E-state index is 0.0883. The largest absolute Gasteiger partial charge is 0.372 e. The maximum atomic E-state index is 12.1. The van der Waals surface area contributed by atoms with Gasteiger partial charge in [0, 0.05) is 13.6 Å². The second-order valence-corrected chi connectivity index (χ2v) is 7.26. The van der Waals surface area contributed by atoms with Gasteiger partial charge in [-0.2, -0.15) is 4.31 Å². The van der Waals surface area contributed by atoms with Crippen molar-refractivity contribution in [1.29, 1.82) is 0 Å². The second-order valence-electron chi connectivity index (χ2n) is 3.82. The van der Waals surface area contributed by atoms with E-state index in [1.165, 1.54) is 15.6 Å². The number of hydrogen-bond acceptors (Lipinski definition) is 4. The molecule has 0 N–H and O–H groups in total. The molecule has 0 aliphatic carbocycles. The molecule has 0 bridgehead atoms. The van der Waals surface area contributed by atoms with Crippen LogP contribution in [0.5, 0.6) is 0 Å². The Balaban J connectivity index is 2.16. The molecule has 1 fully saturated rings. The predicted molar refractivity (Wildman–Crippen MR) is 66.5 cm³/mol. The van der Waals surface area contributed by atoms with Crippen molar-refractivity contribution >= 4 is 33.4 Å². The first kappa shape index (κ1) is 12.1. The lowest BCUT2D eigenvalue weighted by Crippen LogP contribution is -2.30. The average Bonchev–Trinajstić information content (AvgIpc) is 2.93. The van der Waals surface area contributed by atoms with Crippen LogP contribution >= 0.6 is 11.3 Å². The van der Waals surface area contributed by atoms with E-state index in [2.05, 4.69) is 0 Å². The maximum Gasteiger partial charge on any atom is 0.252 e. The normalized spacial score (nSPS) is 20.1. The molecule has 1 atom stereocenters. The van der Waals surface area contributed by atoms with Gasteiger partial charge in [-0.1, -0.05) is 12.9 Å². The molecule has 0 radical (unpaired) electrons. The molecule has 2 rings (SSSR count). The Bertz CT molecular complexity index is 467. The topological polar surface area (TPSA) is 49.9 Å². The highest BCUT2D eigenvalue weighted by Gasteiger charge is 2.30. The molecule has 7 heteroatoms. The predicted octanol–water partition coefficient (Wildman–Crippen LogP) is -0.123. The van der Waals surface area contributed by atoms with E-state index in [1.54, 1.807) is 13.1 Å². The van der Waals surface area contributed by atoms with Gasteiger partial charge in [0.25, 0.3) is 10.0 Å². The Morgan fingerprint density at radius 3 is 2.81 bits per heavy atom. The molecular weight excluding hydrogens is 245 g/mol. The van der Waals surface area contributed by atoms with Gasteiger partial charge in [0.05, 0.1) is 12.7 Å². The van der Waals surface area contributed by atoms with Gasteiger partial charge in [0.2, 0.25) is 0 Å². The van der Waals surface area contributed by atoms with Crippen molar-refractivity contribution in [2.24, 2.45) is 0 Å². The van der Waals surface area contributed by atoms with Crippen molar-refractivity contribution in [3.05, 3.63) is 12.1 Å². The third-order valence-electron chi connectivity index (χ3n) is 2.51. The Hall–Kier alpha value is -0.365. The fourth-order valence-corrected chi connectivity index (χ4v) is 4.11. The molecule has 0 spiro atoms. The summed E-state index contributed by atoms with van der Waals surface area (Å²) in [6.45, 7) is 3.14. The Labute approximate surface area is 101 Å². The molecule has 1 saturated heterocycles. The van der Waals surface area contributed by atoms with E-state index in [4.69, 9.17) is 4.74 Å². The zero-order chi connectivity index (χ0) is 11.8. The van der Waals surface area contributed by atoms with Gasteiger partial charge in [-0.05, 0) is 10.8 Å². The van der Waals surface area contributed by atoms with Gasteiger partial charge >= 0.3 is 0 Å². The summed E-state index contributed by atoms with van der Waals surface area (Å²) in [5, 5.41) is 0. The van der Waals surface area contributed by atoms with E-state index >= 15 is 0 Å². The van der Waals surface area contributed by atoms with E-state index in [0.717, 1.165) is 12.1 Å². The average molecular weight is 259 g/mol. The van der Waals surface area contributed by atoms with Crippen molar-refractivity contribution < 1.29 is 13.2 Å². The molecule has 88 valence electrons. The Morgan fingerprint density at radius 2 is 2.31 bits per heavy atom. The third-order valence-corrected chi connectivity index (χ3v) is 6.03. The molecule has 0 amide bonds. The molecular formula is C9H14BNO3S2. The summed E-state index contributed by atoms with van der Waals surface area (Å²) in [6, 6.07) is 3.56. The van der Waals surface area contributed by atoms with Gasteiger partial charge in [-0.15, -0.1) is 11.3 Å². The third kappa shape index (κ3) is 2.48. The fraction of sp³-hybridized carbons (Fsp3) is 0.556. The molecule has 16 heavy (non-hydrogen) atoms. The lowest BCUT2D eigenvalue weighted by atomic mass is 9.81. The molecule has 4 nitrogen and oxygen atoms in total. The molecule has 1 aliphatic rings. The summed E-state index contributed by atoms with van der Waals surface area (Å²) in [4.78, 5) is 0. The minimum Gasteiger partial charge on any atom is -0.372 e. The Kier molecular flexibility index (Phi) is 3.39. The number of epoxide rings is 1. The van der Waals surface area contributed by atoms with Crippen LogP contribution in [0.2, 0.25) is 6.82 Å². The van der Waals surface area contributed by atoms with E-state index in [1.807, 2.05) is 12.9 Å². The molecule has 1 aliphatic heterocycles. The molecule has 0 aromatic carbocycles. The maximum absolute atomic E-state index is 12.1. The van der Waals surface area contributed by atoms with Crippen LogP contribution in [0.4, 0.5) is 0 Å². The van der Waals surface area contributed by atoms with Crippen molar-refractivity contribution in [2.75, 3.05) is 20.2 Å². The van der Waals surface area contributed by atoms with Crippen LogP contribution in [0.15, 0.2) is 16.3 Å². The van der Waals surface area contributed by atoms with Crippen LogP contribution in [0, 0.1) is 0 Å². The van der Waals surface area contributed by atoms with Gasteiger partial charge < -0.3 is 4.74 Å². The van der Waals surface area contributed by atoms with Gasteiger partial charge in [0.1, 0.15) is 4.21 Å². The highest BCUT2D eigenvalue weighted by Crippen LogP contribution is 2.20. The monoisotopic (exact) mass is 259 g/mol. The van der Waals surface area contributed by atoms with Crippen LogP contribution in [-0.2, 0) is 14.8 Å². The molecule has 0 unspecified atom stereocenters. The smallest absolute Gasteiger partial charge is 0.252 e. The fourth-order valence-electron chi connectivity index (χ4n) is 1.40. The summed E-state index contributed by atoms with van der Waals surface area (Å²) in [5.74, 6) is 0. The van der Waals surface area contributed by atoms with Crippen LogP contribution in [0.25, 0.3) is 0 Å². The minimum atomic E-state index is -3.31. The molecule has 2 heterocycles. The lowest BCUT2D eigenvalue weighted by Gasteiger charge is -2.14. The van der Waals surface area contributed by atoms with E-state index in [9.17, 15) is 8.42 Å². The molecule has 0 saturated carbocycles. The summed E-state index contributed by atoms with van der Waals surface area (Å²) < 4.78 is 32.1. The SMILES string of the molecule is CBc1ccc(S(=O)(=O)N(C)C[C@H]2CO2)s1. The standard InChI is InChI=1S/C9H14BNO3S2/c1-10-8-3-4-9(15-8)16(12,13)11(2)5-7-6-14-7/h3-4,7,10H,5-6H2,1-2H3/t7-/m0/s1. The lowest BCUT2D eigenvalue weighted by molar-refractivity contribution is 0.360. The zero-order valence-corrected chi connectivity index (χ0v) is 11.0. The summed E-state index contributed by atoms with van der Waals surface area (Å²) in [6.07, 6.45) is 0.0883. The summed E-state index contributed by atoms with van der Waals surface area (Å²) >= 11 is 1.35. The van der Waals surface area contributed by atoms with Crippen molar-refractivity contribution in [2.45, 2.75) is 17.1 Å². The Morgan fingerprint density at radius 1 is 1.62 bits per heavy atom. The number of sulfonamides is 1. The zero-order valence-electron chi connectivity index (χ0n) is 9.34. The van der Waals surface area contributed by atoms with Crippen LogP contribution < -0.4 is 4.78 Å². The highest BCUT2D eigenvalue weighted by molar-refractivity contribution is 7.91. The van der Waals surface area contributed by atoms with Crippen molar-refractivity contribution in [1.82, 2.24) is 4.31 Å².